The van der Waals surface area contributed by atoms with Crippen LogP contribution in [-0.2, 0) is 9.59 Å². The van der Waals surface area contributed by atoms with Crippen molar-refractivity contribution in [3.8, 4) is 0 Å². The van der Waals surface area contributed by atoms with Crippen LogP contribution in [-0.4, -0.2) is 58.1 Å². The van der Waals surface area contributed by atoms with E-state index in [9.17, 15) is 14.8 Å². The molecule has 144 valence electrons. The molecule has 0 unspecified atom stereocenters. The number of anilines is 1. The third-order valence-electron chi connectivity index (χ3n) is 4.83. The van der Waals surface area contributed by atoms with Gasteiger partial charge in [-0.05, 0) is 50.8 Å². The Morgan fingerprint density at radius 2 is 2.35 bits per heavy atom. The topological polar surface area (TPSA) is 85.8 Å². The Morgan fingerprint density at radius 1 is 1.54 bits per heavy atom. The van der Waals surface area contributed by atoms with Crippen molar-refractivity contribution < 1.29 is 14.8 Å². The van der Waals surface area contributed by atoms with Crippen molar-refractivity contribution in [2.45, 2.75) is 52.0 Å². The second kappa shape index (κ2) is 10.2. The molecule has 0 aromatic carbocycles. The number of likely N-dealkylation sites (tertiary alicyclic amines) is 1. The predicted octanol–water partition coefficient (Wildman–Crippen LogP) is 2.45. The number of aryl methyl sites for hydroxylation is 1. The van der Waals surface area contributed by atoms with Gasteiger partial charge in [0.05, 0.1) is 12.6 Å². The number of aromatic nitrogens is 1. The zero-order chi connectivity index (χ0) is 18.9. The minimum atomic E-state index is -0.190. The zero-order valence-electron chi connectivity index (χ0n) is 15.7. The van der Waals surface area contributed by atoms with Crippen molar-refractivity contribution in [3.05, 3.63) is 23.9 Å². The average Bonchev–Trinajstić information content (AvgIpc) is 3.07. The molecule has 1 aromatic heterocycles. The number of nitrogens with one attached hydrogen (secondary N) is 1. The van der Waals surface area contributed by atoms with Crippen LogP contribution in [0.1, 0.15) is 44.7 Å². The van der Waals surface area contributed by atoms with Gasteiger partial charge in [-0.15, -0.1) is 0 Å². The SMILES string of the molecule is CCCC[C@H](CN(O)C=O)CN1CCC[C@H]1C(=O)Nc1cccc(C)n1. The number of hydrogen-bond donors (Lipinski definition) is 2. The number of pyridine rings is 1. The fraction of sp³-hybridized carbons (Fsp3) is 0.632. The van der Waals surface area contributed by atoms with Crippen LogP contribution in [0.5, 0.6) is 0 Å². The van der Waals surface area contributed by atoms with Crippen molar-refractivity contribution in [2.75, 3.05) is 25.0 Å². The summed E-state index contributed by atoms with van der Waals surface area (Å²) >= 11 is 0. The Hall–Kier alpha value is -1.99. The molecule has 2 heterocycles. The summed E-state index contributed by atoms with van der Waals surface area (Å²) in [6.07, 6.45) is 5.24. The molecule has 2 N–H and O–H groups in total. The lowest BCUT2D eigenvalue weighted by Gasteiger charge is -2.29. The van der Waals surface area contributed by atoms with Crippen molar-refractivity contribution in [1.82, 2.24) is 14.9 Å². The van der Waals surface area contributed by atoms with Gasteiger partial charge in [-0.2, -0.15) is 0 Å². The van der Waals surface area contributed by atoms with E-state index in [1.807, 2.05) is 19.1 Å². The van der Waals surface area contributed by atoms with E-state index in [-0.39, 0.29) is 17.9 Å². The first kappa shape index (κ1) is 20.3. The molecular weight excluding hydrogens is 332 g/mol. The van der Waals surface area contributed by atoms with Gasteiger partial charge in [-0.3, -0.25) is 19.7 Å². The van der Waals surface area contributed by atoms with Crippen LogP contribution in [0.15, 0.2) is 18.2 Å². The molecule has 0 aliphatic carbocycles. The Bertz CT molecular complexity index is 596. The van der Waals surface area contributed by atoms with Gasteiger partial charge in [0, 0.05) is 12.2 Å². The van der Waals surface area contributed by atoms with Crippen molar-refractivity contribution in [1.29, 1.82) is 0 Å². The van der Waals surface area contributed by atoms with Crippen molar-refractivity contribution >= 4 is 18.1 Å². The van der Waals surface area contributed by atoms with E-state index in [2.05, 4.69) is 22.1 Å². The molecule has 7 heteroatoms. The van der Waals surface area contributed by atoms with Gasteiger partial charge in [0.15, 0.2) is 0 Å². The highest BCUT2D eigenvalue weighted by atomic mass is 16.5. The maximum atomic E-state index is 12.7. The van der Waals surface area contributed by atoms with E-state index in [1.165, 1.54) is 0 Å². The third-order valence-corrected chi connectivity index (χ3v) is 4.83. The number of rotatable bonds is 10. The maximum absolute atomic E-state index is 12.7. The van der Waals surface area contributed by atoms with Gasteiger partial charge in [-0.25, -0.2) is 10.0 Å². The summed E-state index contributed by atoms with van der Waals surface area (Å²) in [6.45, 7) is 5.87. The van der Waals surface area contributed by atoms with Crippen molar-refractivity contribution in [3.63, 3.8) is 0 Å². The Kier molecular flexibility index (Phi) is 8.00. The Labute approximate surface area is 155 Å². The van der Waals surface area contributed by atoms with E-state index in [0.717, 1.165) is 44.3 Å². The van der Waals surface area contributed by atoms with E-state index in [1.54, 1.807) is 6.07 Å². The molecular formula is C19H30N4O3. The summed E-state index contributed by atoms with van der Waals surface area (Å²) in [5.74, 6) is 0.689. The van der Waals surface area contributed by atoms with Crippen LogP contribution in [0.3, 0.4) is 0 Å². The van der Waals surface area contributed by atoms with E-state index in [4.69, 9.17) is 0 Å². The van der Waals surface area contributed by atoms with E-state index < -0.39 is 0 Å². The number of amides is 2. The fourth-order valence-corrected chi connectivity index (χ4v) is 3.54. The first-order valence-corrected chi connectivity index (χ1v) is 9.42. The lowest BCUT2D eigenvalue weighted by atomic mass is 10.0. The molecule has 1 fully saturated rings. The van der Waals surface area contributed by atoms with E-state index in [0.29, 0.717) is 30.4 Å². The number of hydrogen-bond acceptors (Lipinski definition) is 5. The highest BCUT2D eigenvalue weighted by Gasteiger charge is 2.32. The van der Waals surface area contributed by atoms with Gasteiger partial charge in [0.25, 0.3) is 0 Å². The van der Waals surface area contributed by atoms with Crippen LogP contribution >= 0.6 is 0 Å². The number of unbranched alkanes of at least 4 members (excludes halogenated alkanes) is 1. The van der Waals surface area contributed by atoms with E-state index >= 15 is 0 Å². The molecule has 0 radical (unpaired) electrons. The largest absolute Gasteiger partial charge is 0.309 e. The highest BCUT2D eigenvalue weighted by molar-refractivity contribution is 5.94. The molecule has 7 nitrogen and oxygen atoms in total. The van der Waals surface area contributed by atoms with Gasteiger partial charge in [0.2, 0.25) is 12.3 Å². The summed E-state index contributed by atoms with van der Waals surface area (Å²) < 4.78 is 0. The Morgan fingerprint density at radius 3 is 3.04 bits per heavy atom. The highest BCUT2D eigenvalue weighted by Crippen LogP contribution is 2.22. The summed E-state index contributed by atoms with van der Waals surface area (Å²) in [5.41, 5.74) is 0.864. The first-order valence-electron chi connectivity index (χ1n) is 9.42. The molecule has 0 bridgehead atoms. The maximum Gasteiger partial charge on any atom is 0.242 e. The second-order valence-corrected chi connectivity index (χ2v) is 7.04. The third kappa shape index (κ3) is 6.07. The van der Waals surface area contributed by atoms with Gasteiger partial charge in [-0.1, -0.05) is 25.8 Å². The molecule has 0 spiro atoms. The molecule has 0 saturated carbocycles. The molecule has 2 atom stereocenters. The number of carbonyl (C=O) groups excluding carboxylic acids is 2. The van der Waals surface area contributed by atoms with Gasteiger partial charge < -0.3 is 5.32 Å². The summed E-state index contributed by atoms with van der Waals surface area (Å²) in [6, 6.07) is 5.37. The zero-order valence-corrected chi connectivity index (χ0v) is 15.7. The molecule has 2 amide bonds. The number of nitrogens with zero attached hydrogens (tertiary/aromatic N) is 3. The molecule has 26 heavy (non-hydrogen) atoms. The minimum absolute atomic E-state index is 0.0360. The second-order valence-electron chi connectivity index (χ2n) is 7.04. The lowest BCUT2D eigenvalue weighted by Crippen LogP contribution is -2.43. The molecule has 1 aliphatic rings. The van der Waals surface area contributed by atoms with Crippen LogP contribution in [0.25, 0.3) is 0 Å². The van der Waals surface area contributed by atoms with Crippen LogP contribution < -0.4 is 5.32 Å². The molecule has 1 aromatic rings. The fourth-order valence-electron chi connectivity index (χ4n) is 3.54. The molecule has 2 rings (SSSR count). The summed E-state index contributed by atoms with van der Waals surface area (Å²) in [7, 11) is 0. The van der Waals surface area contributed by atoms with Crippen LogP contribution in [0, 0.1) is 12.8 Å². The number of carbonyl (C=O) groups is 2. The molecule has 1 aliphatic heterocycles. The quantitative estimate of drug-likeness (QED) is 0.379. The summed E-state index contributed by atoms with van der Waals surface area (Å²) in [5, 5.41) is 13.2. The smallest absolute Gasteiger partial charge is 0.242 e. The number of hydroxylamine groups is 2. The van der Waals surface area contributed by atoms with Crippen LogP contribution in [0.2, 0.25) is 0 Å². The first-order chi connectivity index (χ1) is 12.5. The minimum Gasteiger partial charge on any atom is -0.309 e. The van der Waals surface area contributed by atoms with Crippen LogP contribution in [0.4, 0.5) is 5.82 Å². The monoisotopic (exact) mass is 362 g/mol. The predicted molar refractivity (Wildman–Crippen MR) is 99.8 cm³/mol. The lowest BCUT2D eigenvalue weighted by molar-refractivity contribution is -0.153. The normalized spacial score (nSPS) is 18.5. The van der Waals surface area contributed by atoms with Gasteiger partial charge in [0.1, 0.15) is 5.82 Å². The summed E-state index contributed by atoms with van der Waals surface area (Å²) in [4.78, 5) is 30.0. The standard InChI is InChI=1S/C19H30N4O3/c1-3-4-8-16(13-23(26)14-24)12-22-11-6-9-17(22)19(25)21-18-10-5-7-15(2)20-18/h5,7,10,14,16-17,26H,3-4,6,8-9,11-13H2,1-2H3,(H,20,21,25)/t16-,17-/m0/s1. The van der Waals surface area contributed by atoms with Crippen molar-refractivity contribution in [2.24, 2.45) is 5.92 Å². The van der Waals surface area contributed by atoms with Gasteiger partial charge >= 0.3 is 0 Å². The molecule has 1 saturated heterocycles. The Balaban J connectivity index is 1.97. The average molecular weight is 362 g/mol.